The average molecular weight is 526 g/mol. The van der Waals surface area contributed by atoms with E-state index in [4.69, 9.17) is 14.6 Å². The molecule has 0 spiro atoms. The fourth-order valence-corrected chi connectivity index (χ4v) is 3.26. The van der Waals surface area contributed by atoms with Crippen molar-refractivity contribution in [1.29, 1.82) is 0 Å². The fourth-order valence-electron chi connectivity index (χ4n) is 2.68. The molecule has 1 aromatic rings. The number of nitrogens with one attached hydrogen (secondary N) is 2. The number of nitrogens with two attached hydrogens (primary N) is 1. The normalized spacial score (nSPS) is 17.2. The minimum absolute atomic E-state index is 0. The zero-order valence-electron chi connectivity index (χ0n) is 16.2. The molecular formula is C18H31IN4O4S. The molecule has 1 unspecified atom stereocenters. The average Bonchev–Trinajstić information content (AvgIpc) is 3.15. The Morgan fingerprint density at radius 3 is 2.89 bits per heavy atom. The number of hydrogen-bond acceptors (Lipinski definition) is 5. The van der Waals surface area contributed by atoms with E-state index in [-0.39, 0.29) is 28.9 Å². The molecule has 1 atom stereocenters. The predicted molar refractivity (Wildman–Crippen MR) is 120 cm³/mol. The lowest BCUT2D eigenvalue weighted by molar-refractivity contribution is 0.0888. The summed E-state index contributed by atoms with van der Waals surface area (Å²) in [6.45, 7) is 6.93. The monoisotopic (exact) mass is 526 g/mol. The van der Waals surface area contributed by atoms with Crippen molar-refractivity contribution in [3.8, 4) is 0 Å². The van der Waals surface area contributed by atoms with E-state index >= 15 is 0 Å². The molecule has 10 heteroatoms. The second-order valence-corrected chi connectivity index (χ2v) is 8.03. The summed E-state index contributed by atoms with van der Waals surface area (Å²) >= 11 is 0. The van der Waals surface area contributed by atoms with Crippen molar-refractivity contribution >= 4 is 40.0 Å². The van der Waals surface area contributed by atoms with Crippen LogP contribution in [0, 0.1) is 5.92 Å². The van der Waals surface area contributed by atoms with Crippen molar-refractivity contribution in [2.24, 2.45) is 16.0 Å². The molecule has 1 aliphatic heterocycles. The number of primary sulfonamides is 1. The van der Waals surface area contributed by atoms with Gasteiger partial charge in [-0.2, -0.15) is 0 Å². The molecule has 4 N–H and O–H groups in total. The number of guanidine groups is 1. The van der Waals surface area contributed by atoms with Gasteiger partial charge in [-0.15, -0.1) is 24.0 Å². The van der Waals surface area contributed by atoms with Crippen LogP contribution in [0.2, 0.25) is 0 Å². The molecular weight excluding hydrogens is 495 g/mol. The van der Waals surface area contributed by atoms with Crippen molar-refractivity contribution in [1.82, 2.24) is 10.6 Å². The van der Waals surface area contributed by atoms with Crippen molar-refractivity contribution in [2.45, 2.75) is 31.2 Å². The van der Waals surface area contributed by atoms with Crippen LogP contribution in [-0.4, -0.2) is 53.9 Å². The van der Waals surface area contributed by atoms with Gasteiger partial charge in [-0.3, -0.25) is 0 Å². The summed E-state index contributed by atoms with van der Waals surface area (Å²) < 4.78 is 33.9. The van der Waals surface area contributed by atoms with Gasteiger partial charge in [0.05, 0.1) is 24.7 Å². The van der Waals surface area contributed by atoms with Crippen molar-refractivity contribution in [2.75, 3.05) is 39.5 Å². The van der Waals surface area contributed by atoms with Gasteiger partial charge in [0.2, 0.25) is 10.0 Å². The Hall–Kier alpha value is -0.950. The number of sulfonamides is 1. The molecule has 8 nitrogen and oxygen atoms in total. The van der Waals surface area contributed by atoms with Gasteiger partial charge in [0.15, 0.2) is 5.96 Å². The number of rotatable bonds is 10. The molecule has 1 aromatic carbocycles. The van der Waals surface area contributed by atoms with Crippen LogP contribution in [0.25, 0.3) is 0 Å². The largest absolute Gasteiger partial charge is 0.381 e. The van der Waals surface area contributed by atoms with Crippen LogP contribution in [0.3, 0.4) is 0 Å². The van der Waals surface area contributed by atoms with Gasteiger partial charge < -0.3 is 20.1 Å². The quantitative estimate of drug-likeness (QED) is 0.184. The third-order valence-corrected chi connectivity index (χ3v) is 5.04. The van der Waals surface area contributed by atoms with Crippen LogP contribution >= 0.6 is 24.0 Å². The lowest BCUT2D eigenvalue weighted by Crippen LogP contribution is -2.38. The van der Waals surface area contributed by atoms with Crippen LogP contribution in [0.1, 0.15) is 25.3 Å². The molecule has 160 valence electrons. The van der Waals surface area contributed by atoms with E-state index in [1.54, 1.807) is 12.1 Å². The maximum atomic E-state index is 11.4. The molecule has 0 aromatic heterocycles. The number of nitrogens with zero attached hydrogens (tertiary/aromatic N) is 1. The smallest absolute Gasteiger partial charge is 0.238 e. The van der Waals surface area contributed by atoms with E-state index in [0.717, 1.165) is 51.3 Å². The molecule has 0 saturated carbocycles. The summed E-state index contributed by atoms with van der Waals surface area (Å²) in [5.74, 6) is 1.22. The Morgan fingerprint density at radius 2 is 2.21 bits per heavy atom. The highest BCUT2D eigenvalue weighted by Gasteiger charge is 2.15. The summed E-state index contributed by atoms with van der Waals surface area (Å²) in [7, 11) is -3.70. The SMILES string of the molecule is CCNC(=NCc1cccc(S(N)(=O)=O)c1)NCCCOCC1CCOC1.I. The molecule has 0 aliphatic carbocycles. The van der Waals surface area contributed by atoms with Crippen LogP contribution < -0.4 is 15.8 Å². The van der Waals surface area contributed by atoms with E-state index in [1.807, 2.05) is 13.0 Å². The van der Waals surface area contributed by atoms with Crippen LogP contribution in [-0.2, 0) is 26.0 Å². The summed E-state index contributed by atoms with van der Waals surface area (Å²) in [4.78, 5) is 4.58. The molecule has 28 heavy (non-hydrogen) atoms. The highest BCUT2D eigenvalue weighted by Crippen LogP contribution is 2.12. The minimum atomic E-state index is -3.70. The van der Waals surface area contributed by atoms with E-state index in [2.05, 4.69) is 15.6 Å². The van der Waals surface area contributed by atoms with Crippen molar-refractivity contribution in [3.05, 3.63) is 29.8 Å². The number of aliphatic imine (C=N–C) groups is 1. The van der Waals surface area contributed by atoms with Crippen LogP contribution in [0.5, 0.6) is 0 Å². The zero-order chi connectivity index (χ0) is 19.5. The third-order valence-electron chi connectivity index (χ3n) is 4.13. The minimum Gasteiger partial charge on any atom is -0.381 e. The summed E-state index contributed by atoms with van der Waals surface area (Å²) in [6, 6.07) is 6.51. The molecule has 1 heterocycles. The second-order valence-electron chi connectivity index (χ2n) is 6.47. The van der Waals surface area contributed by atoms with Gasteiger partial charge in [-0.1, -0.05) is 12.1 Å². The maximum absolute atomic E-state index is 11.4. The Kier molecular flexibility index (Phi) is 11.9. The van der Waals surface area contributed by atoms with Crippen molar-refractivity contribution < 1.29 is 17.9 Å². The molecule has 2 rings (SSSR count). The van der Waals surface area contributed by atoms with E-state index in [9.17, 15) is 8.42 Å². The van der Waals surface area contributed by atoms with Gasteiger partial charge >= 0.3 is 0 Å². The topological polar surface area (TPSA) is 115 Å². The number of benzene rings is 1. The number of hydrogen-bond donors (Lipinski definition) is 3. The summed E-state index contributed by atoms with van der Waals surface area (Å²) in [6.07, 6.45) is 1.96. The van der Waals surface area contributed by atoms with Gasteiger partial charge in [-0.05, 0) is 37.5 Å². The molecule has 0 bridgehead atoms. The van der Waals surface area contributed by atoms with E-state index in [0.29, 0.717) is 25.0 Å². The maximum Gasteiger partial charge on any atom is 0.238 e. The highest BCUT2D eigenvalue weighted by atomic mass is 127. The first kappa shape index (κ1) is 25.1. The summed E-state index contributed by atoms with van der Waals surface area (Å²) in [5, 5.41) is 11.6. The zero-order valence-corrected chi connectivity index (χ0v) is 19.4. The Bertz CT molecular complexity index is 709. The van der Waals surface area contributed by atoms with E-state index in [1.165, 1.54) is 6.07 Å². The molecule has 1 saturated heterocycles. The highest BCUT2D eigenvalue weighted by molar-refractivity contribution is 14.0. The van der Waals surface area contributed by atoms with Crippen LogP contribution in [0.4, 0.5) is 0 Å². The molecule has 1 aliphatic rings. The van der Waals surface area contributed by atoms with Crippen LogP contribution in [0.15, 0.2) is 34.2 Å². The third kappa shape index (κ3) is 9.50. The van der Waals surface area contributed by atoms with Gasteiger partial charge in [0, 0.05) is 32.2 Å². The molecule has 1 fully saturated rings. The Labute approximate surface area is 184 Å². The first-order chi connectivity index (χ1) is 13.0. The lowest BCUT2D eigenvalue weighted by atomic mass is 10.1. The first-order valence-electron chi connectivity index (χ1n) is 9.28. The van der Waals surface area contributed by atoms with Crippen molar-refractivity contribution in [3.63, 3.8) is 0 Å². The number of halogens is 1. The lowest BCUT2D eigenvalue weighted by Gasteiger charge is -2.12. The standard InChI is InChI=1S/C18H30N4O4S.HI/c1-2-20-18(21-8-4-9-25-13-16-7-10-26-14-16)22-12-15-5-3-6-17(11-15)27(19,23)24;/h3,5-6,11,16H,2,4,7-10,12-14H2,1H3,(H2,19,23,24)(H2,20,21,22);1H. The first-order valence-corrected chi connectivity index (χ1v) is 10.8. The molecule has 0 radical (unpaired) electrons. The van der Waals surface area contributed by atoms with Gasteiger partial charge in [0.25, 0.3) is 0 Å². The second kappa shape index (κ2) is 13.3. The fraction of sp³-hybridized carbons (Fsp3) is 0.611. The predicted octanol–water partition coefficient (Wildman–Crippen LogP) is 1.45. The summed E-state index contributed by atoms with van der Waals surface area (Å²) in [5.41, 5.74) is 0.779. The van der Waals surface area contributed by atoms with Gasteiger partial charge in [0.1, 0.15) is 0 Å². The van der Waals surface area contributed by atoms with Gasteiger partial charge in [-0.25, -0.2) is 18.5 Å². The Balaban J connectivity index is 0.00000392. The number of ether oxygens (including phenoxy) is 2. The van der Waals surface area contributed by atoms with E-state index < -0.39 is 10.0 Å². The molecule has 0 amide bonds. The Morgan fingerprint density at radius 1 is 1.39 bits per heavy atom.